The molecule has 1 heterocycles. The van der Waals surface area contributed by atoms with Gasteiger partial charge in [0.2, 0.25) is 6.79 Å². The van der Waals surface area contributed by atoms with Crippen molar-refractivity contribution in [1.82, 2.24) is 5.32 Å². The van der Waals surface area contributed by atoms with E-state index in [4.69, 9.17) is 26.4 Å². The SMILES string of the molecule is C#CCNC(=O)COc1cc2c(cc1CC(C)N)OCO2. The molecule has 0 spiro atoms. The summed E-state index contributed by atoms with van der Waals surface area (Å²) >= 11 is 0. The van der Waals surface area contributed by atoms with Gasteiger partial charge >= 0.3 is 0 Å². The Hall–Kier alpha value is -2.39. The van der Waals surface area contributed by atoms with E-state index < -0.39 is 0 Å². The number of hydrogen-bond acceptors (Lipinski definition) is 5. The molecule has 0 fully saturated rings. The zero-order chi connectivity index (χ0) is 15.2. The van der Waals surface area contributed by atoms with E-state index in [2.05, 4.69) is 11.2 Å². The van der Waals surface area contributed by atoms with Gasteiger partial charge in [-0.3, -0.25) is 4.79 Å². The average molecular weight is 290 g/mol. The molecule has 1 atom stereocenters. The lowest BCUT2D eigenvalue weighted by Gasteiger charge is -2.14. The van der Waals surface area contributed by atoms with Gasteiger partial charge in [0.15, 0.2) is 18.1 Å². The van der Waals surface area contributed by atoms with Gasteiger partial charge in [-0.25, -0.2) is 0 Å². The van der Waals surface area contributed by atoms with Crippen LogP contribution in [0.15, 0.2) is 12.1 Å². The Morgan fingerprint density at radius 3 is 2.90 bits per heavy atom. The Labute approximate surface area is 123 Å². The molecule has 6 nitrogen and oxygen atoms in total. The van der Waals surface area contributed by atoms with Crippen LogP contribution in [0, 0.1) is 12.3 Å². The minimum Gasteiger partial charge on any atom is -0.483 e. The third-order valence-corrected chi connectivity index (χ3v) is 2.84. The summed E-state index contributed by atoms with van der Waals surface area (Å²) < 4.78 is 16.2. The van der Waals surface area contributed by atoms with Gasteiger partial charge in [0.05, 0.1) is 6.54 Å². The van der Waals surface area contributed by atoms with Crippen molar-refractivity contribution >= 4 is 5.91 Å². The van der Waals surface area contributed by atoms with Gasteiger partial charge in [-0.05, 0) is 25.0 Å². The minimum atomic E-state index is -0.280. The van der Waals surface area contributed by atoms with Gasteiger partial charge in [-0.2, -0.15) is 0 Å². The van der Waals surface area contributed by atoms with Crippen molar-refractivity contribution in [1.29, 1.82) is 0 Å². The molecular weight excluding hydrogens is 272 g/mol. The highest BCUT2D eigenvalue weighted by Crippen LogP contribution is 2.38. The Bertz CT molecular complexity index is 564. The fourth-order valence-corrected chi connectivity index (χ4v) is 1.95. The number of rotatable bonds is 6. The van der Waals surface area contributed by atoms with Gasteiger partial charge in [0.25, 0.3) is 5.91 Å². The minimum absolute atomic E-state index is 0.0389. The molecule has 0 bridgehead atoms. The van der Waals surface area contributed by atoms with Crippen molar-refractivity contribution < 1.29 is 19.0 Å². The van der Waals surface area contributed by atoms with Crippen LogP contribution in [0.5, 0.6) is 17.2 Å². The van der Waals surface area contributed by atoms with Crippen LogP contribution in [0.4, 0.5) is 0 Å². The number of nitrogens with two attached hydrogens (primary N) is 1. The summed E-state index contributed by atoms with van der Waals surface area (Å²) in [5.74, 6) is 3.87. The summed E-state index contributed by atoms with van der Waals surface area (Å²) in [6, 6.07) is 3.51. The third-order valence-electron chi connectivity index (χ3n) is 2.84. The van der Waals surface area contributed by atoms with E-state index in [-0.39, 0.29) is 31.9 Å². The highest BCUT2D eigenvalue weighted by molar-refractivity contribution is 5.77. The van der Waals surface area contributed by atoms with Crippen LogP contribution >= 0.6 is 0 Å². The van der Waals surface area contributed by atoms with Crippen molar-refractivity contribution in [2.75, 3.05) is 19.9 Å². The lowest BCUT2D eigenvalue weighted by atomic mass is 10.1. The third kappa shape index (κ3) is 4.04. The van der Waals surface area contributed by atoms with Crippen molar-refractivity contribution in [2.24, 2.45) is 5.73 Å². The Morgan fingerprint density at radius 1 is 1.52 bits per heavy atom. The van der Waals surface area contributed by atoms with Gasteiger partial charge in [0.1, 0.15) is 5.75 Å². The lowest BCUT2D eigenvalue weighted by molar-refractivity contribution is -0.122. The van der Waals surface area contributed by atoms with E-state index in [0.717, 1.165) is 5.56 Å². The lowest BCUT2D eigenvalue weighted by Crippen LogP contribution is -2.29. The summed E-state index contributed by atoms with van der Waals surface area (Å²) in [5.41, 5.74) is 6.71. The molecule has 1 aliphatic rings. The summed E-state index contributed by atoms with van der Waals surface area (Å²) in [6.07, 6.45) is 5.68. The van der Waals surface area contributed by atoms with Crippen LogP contribution < -0.4 is 25.3 Å². The molecule has 1 aliphatic heterocycles. The van der Waals surface area contributed by atoms with Crippen LogP contribution in [0.3, 0.4) is 0 Å². The number of nitrogens with one attached hydrogen (secondary N) is 1. The summed E-state index contributed by atoms with van der Waals surface area (Å²) in [6.45, 7) is 2.14. The molecule has 1 amide bonds. The predicted octanol–water partition coefficient (Wildman–Crippen LogP) is 0.433. The smallest absolute Gasteiger partial charge is 0.258 e. The molecule has 0 saturated carbocycles. The standard InChI is InChI=1S/C15H18N2O4/c1-3-4-17-15(18)8-19-12-7-14-13(20-9-21-14)6-11(12)5-10(2)16/h1,6-7,10H,4-5,8-9,16H2,2H3,(H,17,18). The van der Waals surface area contributed by atoms with E-state index in [0.29, 0.717) is 23.7 Å². The molecular formula is C15H18N2O4. The number of carbonyl (C=O) groups is 1. The molecule has 0 aliphatic carbocycles. The number of ether oxygens (including phenoxy) is 3. The number of fused-ring (bicyclic) bond motifs is 1. The Morgan fingerprint density at radius 2 is 2.24 bits per heavy atom. The first-order valence-electron chi connectivity index (χ1n) is 6.61. The van der Waals surface area contributed by atoms with E-state index in [1.54, 1.807) is 6.07 Å². The van der Waals surface area contributed by atoms with Crippen molar-refractivity contribution in [3.05, 3.63) is 17.7 Å². The van der Waals surface area contributed by atoms with Gasteiger partial charge in [0, 0.05) is 12.1 Å². The maximum Gasteiger partial charge on any atom is 0.258 e. The van der Waals surface area contributed by atoms with E-state index in [1.165, 1.54) is 0 Å². The van der Waals surface area contributed by atoms with Crippen LogP contribution in [-0.2, 0) is 11.2 Å². The fraction of sp³-hybridized carbons (Fsp3) is 0.400. The molecule has 3 N–H and O–H groups in total. The van der Waals surface area contributed by atoms with Gasteiger partial charge in [-0.1, -0.05) is 5.92 Å². The second-order valence-electron chi connectivity index (χ2n) is 4.76. The molecule has 6 heteroatoms. The highest BCUT2D eigenvalue weighted by Gasteiger charge is 2.19. The van der Waals surface area contributed by atoms with Gasteiger partial charge < -0.3 is 25.3 Å². The van der Waals surface area contributed by atoms with Crippen molar-refractivity contribution in [2.45, 2.75) is 19.4 Å². The first-order valence-corrected chi connectivity index (χ1v) is 6.61. The molecule has 0 aromatic heterocycles. The molecule has 1 aromatic carbocycles. The normalized spacial score (nSPS) is 13.4. The fourth-order valence-electron chi connectivity index (χ4n) is 1.95. The van der Waals surface area contributed by atoms with Crippen LogP contribution in [-0.4, -0.2) is 31.9 Å². The van der Waals surface area contributed by atoms with Crippen molar-refractivity contribution in [3.8, 4) is 29.6 Å². The molecule has 112 valence electrons. The molecule has 0 radical (unpaired) electrons. The van der Waals surface area contributed by atoms with E-state index in [1.807, 2.05) is 13.0 Å². The number of hydrogen-bond donors (Lipinski definition) is 2. The Kier molecular flexibility index (Phi) is 4.90. The Balaban J connectivity index is 2.09. The second-order valence-corrected chi connectivity index (χ2v) is 4.76. The second kappa shape index (κ2) is 6.86. The zero-order valence-electron chi connectivity index (χ0n) is 11.8. The van der Waals surface area contributed by atoms with Crippen LogP contribution in [0.25, 0.3) is 0 Å². The average Bonchev–Trinajstić information content (AvgIpc) is 2.89. The molecule has 1 unspecified atom stereocenters. The van der Waals surface area contributed by atoms with Crippen LogP contribution in [0.2, 0.25) is 0 Å². The number of carbonyl (C=O) groups excluding carboxylic acids is 1. The molecule has 0 saturated heterocycles. The number of terminal acetylenes is 1. The summed E-state index contributed by atoms with van der Waals surface area (Å²) in [4.78, 5) is 11.5. The zero-order valence-corrected chi connectivity index (χ0v) is 11.8. The molecule has 2 rings (SSSR count). The predicted molar refractivity (Wildman–Crippen MR) is 77.3 cm³/mol. The number of amides is 1. The summed E-state index contributed by atoms with van der Waals surface area (Å²) in [5, 5.41) is 2.53. The maximum absolute atomic E-state index is 11.5. The molecule has 1 aromatic rings. The van der Waals surface area contributed by atoms with Gasteiger partial charge in [-0.15, -0.1) is 6.42 Å². The largest absolute Gasteiger partial charge is 0.483 e. The van der Waals surface area contributed by atoms with Crippen molar-refractivity contribution in [3.63, 3.8) is 0 Å². The first-order chi connectivity index (χ1) is 10.1. The monoisotopic (exact) mass is 290 g/mol. The van der Waals surface area contributed by atoms with E-state index >= 15 is 0 Å². The number of benzene rings is 1. The van der Waals surface area contributed by atoms with E-state index in [9.17, 15) is 4.79 Å². The van der Waals surface area contributed by atoms with Crippen LogP contribution in [0.1, 0.15) is 12.5 Å². The summed E-state index contributed by atoms with van der Waals surface area (Å²) in [7, 11) is 0. The quantitative estimate of drug-likeness (QED) is 0.743. The maximum atomic E-state index is 11.5. The first kappa shape index (κ1) is 15.0. The molecule has 21 heavy (non-hydrogen) atoms. The highest BCUT2D eigenvalue weighted by atomic mass is 16.7. The topological polar surface area (TPSA) is 82.8 Å².